The number of hydrogen-bond donors (Lipinski definition) is 4. The van der Waals surface area contributed by atoms with Gasteiger partial charge in [-0.15, -0.1) is 0 Å². The summed E-state index contributed by atoms with van der Waals surface area (Å²) in [5, 5.41) is 19.4. The third kappa shape index (κ3) is 6.25. The Kier molecular flexibility index (Phi) is 7.23. The Balaban J connectivity index is 1.84. The van der Waals surface area contributed by atoms with E-state index in [0.29, 0.717) is 24.8 Å². The smallest absolute Gasteiger partial charge is 0.242 e. The van der Waals surface area contributed by atoms with Gasteiger partial charge in [0.05, 0.1) is 12.8 Å². The maximum absolute atomic E-state index is 12.0. The molecule has 2 rings (SSSR count). The first-order chi connectivity index (χ1) is 12.5. The van der Waals surface area contributed by atoms with Crippen LogP contribution < -0.4 is 16.0 Å². The Bertz CT molecular complexity index is 697. The van der Waals surface area contributed by atoms with E-state index >= 15 is 0 Å². The summed E-state index contributed by atoms with van der Waals surface area (Å²) >= 11 is 0. The van der Waals surface area contributed by atoms with Crippen LogP contribution in [0, 0.1) is 0 Å². The molecule has 0 saturated heterocycles. The third-order valence-electron chi connectivity index (χ3n) is 3.71. The quantitative estimate of drug-likeness (QED) is 0.422. The van der Waals surface area contributed by atoms with Gasteiger partial charge in [-0.3, -0.25) is 4.79 Å². The average molecular weight is 358 g/mol. The van der Waals surface area contributed by atoms with E-state index < -0.39 is 5.60 Å². The lowest BCUT2D eigenvalue weighted by molar-refractivity contribution is -0.119. The monoisotopic (exact) mass is 358 g/mol. The second-order valence-electron chi connectivity index (χ2n) is 6.06. The number of nitrogens with zero attached hydrogens (tertiary/aromatic N) is 1. The number of carbonyl (C=O) groups is 1. The molecular weight excluding hydrogens is 332 g/mol. The van der Waals surface area contributed by atoms with Crippen LogP contribution in [0.2, 0.25) is 0 Å². The Morgan fingerprint density at radius 1 is 1.15 bits per heavy atom. The minimum absolute atomic E-state index is 0.00887. The van der Waals surface area contributed by atoms with Gasteiger partial charge in [0.2, 0.25) is 5.91 Å². The predicted molar refractivity (Wildman–Crippen MR) is 101 cm³/mol. The van der Waals surface area contributed by atoms with Crippen molar-refractivity contribution in [3.05, 3.63) is 60.1 Å². The molecule has 26 heavy (non-hydrogen) atoms. The van der Waals surface area contributed by atoms with Crippen molar-refractivity contribution in [2.75, 3.05) is 19.6 Å². The van der Waals surface area contributed by atoms with Gasteiger partial charge in [-0.1, -0.05) is 30.3 Å². The molecule has 0 aliphatic rings. The van der Waals surface area contributed by atoms with Gasteiger partial charge in [-0.2, -0.15) is 0 Å². The third-order valence-corrected chi connectivity index (χ3v) is 3.71. The summed E-state index contributed by atoms with van der Waals surface area (Å²) in [7, 11) is 0. The molecule has 1 amide bonds. The summed E-state index contributed by atoms with van der Waals surface area (Å²) in [6.45, 7) is 4.86. The molecule has 0 fully saturated rings. The number of rotatable bonds is 8. The Labute approximate surface area is 153 Å². The molecule has 0 bridgehead atoms. The van der Waals surface area contributed by atoms with E-state index in [2.05, 4.69) is 20.9 Å². The van der Waals surface area contributed by atoms with Crippen LogP contribution in [0.1, 0.15) is 25.2 Å². The van der Waals surface area contributed by atoms with Crippen LogP contribution in [0.5, 0.6) is 0 Å². The highest BCUT2D eigenvalue weighted by molar-refractivity contribution is 5.84. The molecule has 0 radical (unpaired) electrons. The molecular formula is C19H26N4O3. The first kappa shape index (κ1) is 19.5. The van der Waals surface area contributed by atoms with Crippen LogP contribution in [0.15, 0.2) is 58.1 Å². The van der Waals surface area contributed by atoms with Crippen LogP contribution in [-0.4, -0.2) is 36.6 Å². The summed E-state index contributed by atoms with van der Waals surface area (Å²) in [5.41, 5.74) is -0.153. The van der Waals surface area contributed by atoms with Gasteiger partial charge in [0.15, 0.2) is 5.96 Å². The molecule has 1 heterocycles. The van der Waals surface area contributed by atoms with Gasteiger partial charge in [0.1, 0.15) is 17.9 Å². The van der Waals surface area contributed by atoms with E-state index in [-0.39, 0.29) is 19.0 Å². The van der Waals surface area contributed by atoms with Gasteiger partial charge in [-0.25, -0.2) is 4.99 Å². The molecule has 7 heteroatoms. The highest BCUT2D eigenvalue weighted by Gasteiger charge is 2.26. The van der Waals surface area contributed by atoms with E-state index in [0.717, 1.165) is 5.56 Å². The SMILES string of the molecule is CCNC(=NCC(=O)NCc1ccccc1)NCC(C)(O)c1ccco1. The number of carbonyl (C=O) groups excluding carboxylic acids is 1. The minimum Gasteiger partial charge on any atom is -0.466 e. The minimum atomic E-state index is -1.19. The fraction of sp³-hybridized carbons (Fsp3) is 0.368. The summed E-state index contributed by atoms with van der Waals surface area (Å²) in [6, 6.07) is 13.1. The number of aliphatic imine (C=N–C) groups is 1. The Hall–Kier alpha value is -2.80. The lowest BCUT2D eigenvalue weighted by Gasteiger charge is -2.22. The van der Waals surface area contributed by atoms with Crippen LogP contribution >= 0.6 is 0 Å². The van der Waals surface area contributed by atoms with Crippen molar-refractivity contribution < 1.29 is 14.3 Å². The first-order valence-electron chi connectivity index (χ1n) is 8.60. The van der Waals surface area contributed by atoms with E-state index in [9.17, 15) is 9.90 Å². The van der Waals surface area contributed by atoms with Crippen molar-refractivity contribution in [2.24, 2.45) is 4.99 Å². The second-order valence-corrected chi connectivity index (χ2v) is 6.06. The standard InChI is InChI=1S/C19H26N4O3/c1-3-20-18(23-14-19(2,25)16-10-7-11-26-16)22-13-17(24)21-12-15-8-5-4-6-9-15/h4-11,25H,3,12-14H2,1-2H3,(H,21,24)(H2,20,22,23). The zero-order valence-electron chi connectivity index (χ0n) is 15.2. The molecule has 0 aliphatic heterocycles. The molecule has 2 aromatic rings. The molecule has 140 valence electrons. The number of guanidine groups is 1. The molecule has 7 nitrogen and oxygen atoms in total. The number of amides is 1. The number of nitrogens with one attached hydrogen (secondary N) is 3. The van der Waals surface area contributed by atoms with Crippen LogP contribution in [0.4, 0.5) is 0 Å². The maximum atomic E-state index is 12.0. The largest absolute Gasteiger partial charge is 0.466 e. The molecule has 0 aliphatic carbocycles. The summed E-state index contributed by atoms with van der Waals surface area (Å²) in [6.07, 6.45) is 1.51. The summed E-state index contributed by atoms with van der Waals surface area (Å²) < 4.78 is 5.25. The van der Waals surface area contributed by atoms with Gasteiger partial charge >= 0.3 is 0 Å². The molecule has 1 aromatic carbocycles. The maximum Gasteiger partial charge on any atom is 0.242 e. The van der Waals surface area contributed by atoms with Crippen molar-refractivity contribution in [3.63, 3.8) is 0 Å². The molecule has 4 N–H and O–H groups in total. The van der Waals surface area contributed by atoms with Gasteiger partial charge in [0.25, 0.3) is 0 Å². The average Bonchev–Trinajstić information content (AvgIpc) is 3.19. The Morgan fingerprint density at radius 3 is 2.58 bits per heavy atom. The topological polar surface area (TPSA) is 98.9 Å². The van der Waals surface area contributed by atoms with E-state index in [1.54, 1.807) is 19.1 Å². The highest BCUT2D eigenvalue weighted by Crippen LogP contribution is 2.19. The summed E-state index contributed by atoms with van der Waals surface area (Å²) in [4.78, 5) is 16.2. The fourth-order valence-corrected chi connectivity index (χ4v) is 2.27. The van der Waals surface area contributed by atoms with Crippen molar-refractivity contribution in [3.8, 4) is 0 Å². The van der Waals surface area contributed by atoms with Crippen molar-refractivity contribution in [1.82, 2.24) is 16.0 Å². The first-order valence-corrected chi connectivity index (χ1v) is 8.60. The Morgan fingerprint density at radius 2 is 1.92 bits per heavy atom. The summed E-state index contributed by atoms with van der Waals surface area (Å²) in [5.74, 6) is 0.736. The molecule has 0 saturated carbocycles. The molecule has 1 unspecified atom stereocenters. The van der Waals surface area contributed by atoms with Gasteiger partial charge < -0.3 is 25.5 Å². The van der Waals surface area contributed by atoms with Crippen LogP contribution in [-0.2, 0) is 16.9 Å². The van der Waals surface area contributed by atoms with Crippen molar-refractivity contribution >= 4 is 11.9 Å². The molecule has 0 spiro atoms. The van der Waals surface area contributed by atoms with Crippen molar-refractivity contribution in [1.29, 1.82) is 0 Å². The lowest BCUT2D eigenvalue weighted by Crippen LogP contribution is -2.44. The van der Waals surface area contributed by atoms with E-state index in [1.807, 2.05) is 37.3 Å². The van der Waals surface area contributed by atoms with Crippen molar-refractivity contribution in [2.45, 2.75) is 26.0 Å². The highest BCUT2D eigenvalue weighted by atomic mass is 16.4. The predicted octanol–water partition coefficient (Wildman–Crippen LogP) is 1.36. The molecule has 1 aromatic heterocycles. The number of furan rings is 1. The van der Waals surface area contributed by atoms with Crippen LogP contribution in [0.3, 0.4) is 0 Å². The molecule has 1 atom stereocenters. The normalized spacial score (nSPS) is 13.7. The van der Waals surface area contributed by atoms with Gasteiger partial charge in [-0.05, 0) is 31.5 Å². The van der Waals surface area contributed by atoms with E-state index in [1.165, 1.54) is 6.26 Å². The fourth-order valence-electron chi connectivity index (χ4n) is 2.27. The number of aliphatic hydroxyl groups is 1. The van der Waals surface area contributed by atoms with Crippen LogP contribution in [0.25, 0.3) is 0 Å². The zero-order valence-corrected chi connectivity index (χ0v) is 15.2. The zero-order chi connectivity index (χ0) is 18.8. The lowest BCUT2D eigenvalue weighted by atomic mass is 10.0. The van der Waals surface area contributed by atoms with E-state index in [4.69, 9.17) is 4.42 Å². The number of hydrogen-bond acceptors (Lipinski definition) is 4. The van der Waals surface area contributed by atoms with Gasteiger partial charge in [0, 0.05) is 13.1 Å². The second kappa shape index (κ2) is 9.62. The number of benzene rings is 1.